The fraction of sp³-hybridized carbons (Fsp3) is 0.111. The lowest BCUT2D eigenvalue weighted by Crippen LogP contribution is -1.88. The van der Waals surface area contributed by atoms with Crippen molar-refractivity contribution in [1.82, 2.24) is 10.1 Å². The summed E-state index contributed by atoms with van der Waals surface area (Å²) in [5.41, 5.74) is 0.895. The van der Waals surface area contributed by atoms with E-state index >= 15 is 0 Å². The summed E-state index contributed by atoms with van der Waals surface area (Å²) < 4.78 is 17.4. The first kappa shape index (κ1) is 9.15. The van der Waals surface area contributed by atoms with Crippen molar-refractivity contribution in [2.45, 2.75) is 6.42 Å². The normalized spacial score (nSPS) is 10.4. The molecule has 0 radical (unpaired) electrons. The molecule has 0 aliphatic heterocycles. The Morgan fingerprint density at radius 2 is 2.00 bits per heavy atom. The van der Waals surface area contributed by atoms with E-state index in [1.165, 1.54) is 12.1 Å². The molecule has 0 N–H and O–H groups in total. The van der Waals surface area contributed by atoms with Crippen LogP contribution < -0.4 is 0 Å². The zero-order valence-corrected chi connectivity index (χ0v) is 7.83. The van der Waals surface area contributed by atoms with Gasteiger partial charge in [0.1, 0.15) is 5.82 Å². The molecule has 1 heterocycles. The summed E-state index contributed by atoms with van der Waals surface area (Å²) in [6, 6.07) is 6.08. The summed E-state index contributed by atoms with van der Waals surface area (Å²) >= 11 is 5.48. The second-order valence-electron chi connectivity index (χ2n) is 2.76. The number of benzene rings is 1. The van der Waals surface area contributed by atoms with E-state index in [-0.39, 0.29) is 11.1 Å². The lowest BCUT2D eigenvalue weighted by molar-refractivity contribution is 0.384. The second-order valence-corrected chi connectivity index (χ2v) is 3.10. The molecule has 0 bridgehead atoms. The molecule has 0 saturated heterocycles. The Morgan fingerprint density at radius 1 is 1.29 bits per heavy atom. The highest BCUT2D eigenvalue weighted by Gasteiger charge is 2.04. The van der Waals surface area contributed by atoms with Crippen LogP contribution in [0.3, 0.4) is 0 Å². The number of halogens is 2. The molecule has 1 aromatic carbocycles. The van der Waals surface area contributed by atoms with Gasteiger partial charge in [0.2, 0.25) is 5.89 Å². The van der Waals surface area contributed by atoms with Crippen molar-refractivity contribution < 1.29 is 8.91 Å². The van der Waals surface area contributed by atoms with Gasteiger partial charge in [-0.25, -0.2) is 4.39 Å². The minimum absolute atomic E-state index is 0.0853. The highest BCUT2D eigenvalue weighted by Crippen LogP contribution is 2.10. The summed E-state index contributed by atoms with van der Waals surface area (Å²) in [6.45, 7) is 0. The van der Waals surface area contributed by atoms with Crippen molar-refractivity contribution in [3.63, 3.8) is 0 Å². The average Bonchev–Trinajstić information content (AvgIpc) is 2.56. The van der Waals surface area contributed by atoms with E-state index in [1.54, 1.807) is 12.1 Å². The number of hydrogen-bond donors (Lipinski definition) is 0. The maximum atomic E-state index is 12.6. The molecule has 0 aliphatic rings. The summed E-state index contributed by atoms with van der Waals surface area (Å²) in [4.78, 5) is 3.82. The topological polar surface area (TPSA) is 38.9 Å². The van der Waals surface area contributed by atoms with Gasteiger partial charge in [-0.05, 0) is 34.5 Å². The van der Waals surface area contributed by atoms with Crippen LogP contribution in [0, 0.1) is 5.82 Å². The molecule has 0 fully saturated rings. The van der Waals surface area contributed by atoms with Crippen molar-refractivity contribution in [3.05, 3.63) is 46.8 Å². The zero-order valence-electron chi connectivity index (χ0n) is 7.08. The quantitative estimate of drug-likeness (QED) is 0.768. The van der Waals surface area contributed by atoms with Crippen LogP contribution in [0.5, 0.6) is 0 Å². The molecule has 0 amide bonds. The molecule has 2 rings (SSSR count). The SMILES string of the molecule is Fc1ccc(Cc2nc(Cl)no2)cc1. The lowest BCUT2D eigenvalue weighted by Gasteiger charge is -1.95. The number of rotatable bonds is 2. The predicted octanol–water partition coefficient (Wildman–Crippen LogP) is 2.45. The molecule has 0 saturated carbocycles. The third kappa shape index (κ3) is 2.09. The molecular weight excluding hydrogens is 207 g/mol. The van der Waals surface area contributed by atoms with E-state index < -0.39 is 0 Å². The van der Waals surface area contributed by atoms with Crippen molar-refractivity contribution >= 4 is 11.6 Å². The van der Waals surface area contributed by atoms with Crippen LogP contribution in [0.15, 0.2) is 28.8 Å². The third-order valence-electron chi connectivity index (χ3n) is 1.71. The number of hydrogen-bond acceptors (Lipinski definition) is 3. The van der Waals surface area contributed by atoms with Crippen LogP contribution in [0.2, 0.25) is 5.28 Å². The molecule has 14 heavy (non-hydrogen) atoms. The van der Waals surface area contributed by atoms with Gasteiger partial charge in [-0.1, -0.05) is 12.1 Å². The van der Waals surface area contributed by atoms with E-state index in [0.717, 1.165) is 5.56 Å². The Bertz CT molecular complexity index is 427. The van der Waals surface area contributed by atoms with E-state index in [4.69, 9.17) is 16.1 Å². The second kappa shape index (κ2) is 3.75. The largest absolute Gasteiger partial charge is 0.338 e. The smallest absolute Gasteiger partial charge is 0.263 e. The van der Waals surface area contributed by atoms with Crippen molar-refractivity contribution in [1.29, 1.82) is 0 Å². The lowest BCUT2D eigenvalue weighted by atomic mass is 10.1. The zero-order chi connectivity index (χ0) is 9.97. The van der Waals surface area contributed by atoms with E-state index in [2.05, 4.69) is 10.1 Å². The summed E-state index contributed by atoms with van der Waals surface area (Å²) in [5, 5.41) is 3.52. The maximum Gasteiger partial charge on any atom is 0.263 e. The van der Waals surface area contributed by atoms with Crippen LogP contribution in [0.4, 0.5) is 4.39 Å². The van der Waals surface area contributed by atoms with Gasteiger partial charge in [0.05, 0.1) is 6.42 Å². The molecule has 0 unspecified atom stereocenters. The first-order valence-corrected chi connectivity index (χ1v) is 4.34. The van der Waals surface area contributed by atoms with Crippen molar-refractivity contribution in [2.75, 3.05) is 0 Å². The van der Waals surface area contributed by atoms with Crippen molar-refractivity contribution in [3.8, 4) is 0 Å². The fourth-order valence-corrected chi connectivity index (χ4v) is 1.21. The Labute approximate surface area is 84.5 Å². The van der Waals surface area contributed by atoms with Crippen LogP contribution in [0.1, 0.15) is 11.5 Å². The molecule has 1 aromatic heterocycles. The number of aromatic nitrogens is 2. The minimum atomic E-state index is -0.266. The van der Waals surface area contributed by atoms with Crippen LogP contribution in [-0.2, 0) is 6.42 Å². The highest BCUT2D eigenvalue weighted by molar-refractivity contribution is 6.28. The van der Waals surface area contributed by atoms with Gasteiger partial charge in [0.25, 0.3) is 5.28 Å². The Hall–Kier alpha value is -1.42. The summed E-state index contributed by atoms with van der Waals surface area (Å²) in [5.74, 6) is 0.152. The van der Waals surface area contributed by atoms with Crippen LogP contribution in [0.25, 0.3) is 0 Å². The van der Waals surface area contributed by atoms with Gasteiger partial charge in [-0.2, -0.15) is 4.98 Å². The van der Waals surface area contributed by atoms with Gasteiger partial charge in [0.15, 0.2) is 0 Å². The first-order chi connectivity index (χ1) is 6.74. The molecule has 0 spiro atoms. The van der Waals surface area contributed by atoms with Crippen LogP contribution in [-0.4, -0.2) is 10.1 Å². The monoisotopic (exact) mass is 212 g/mol. The first-order valence-electron chi connectivity index (χ1n) is 3.96. The highest BCUT2D eigenvalue weighted by atomic mass is 35.5. The molecular formula is C9H6ClFN2O. The average molecular weight is 213 g/mol. The molecule has 72 valence electrons. The van der Waals surface area contributed by atoms with Gasteiger partial charge < -0.3 is 4.52 Å². The molecule has 3 nitrogen and oxygen atoms in total. The Kier molecular flexibility index (Phi) is 2.45. The van der Waals surface area contributed by atoms with Gasteiger partial charge in [-0.3, -0.25) is 0 Å². The Morgan fingerprint density at radius 3 is 2.57 bits per heavy atom. The third-order valence-corrected chi connectivity index (χ3v) is 1.87. The maximum absolute atomic E-state index is 12.6. The molecule has 0 aliphatic carbocycles. The molecule has 2 aromatic rings. The fourth-order valence-electron chi connectivity index (χ4n) is 1.08. The van der Waals surface area contributed by atoms with Crippen molar-refractivity contribution in [2.24, 2.45) is 0 Å². The van der Waals surface area contributed by atoms with Gasteiger partial charge in [0, 0.05) is 0 Å². The minimum Gasteiger partial charge on any atom is -0.338 e. The molecule has 5 heteroatoms. The van der Waals surface area contributed by atoms with Gasteiger partial charge >= 0.3 is 0 Å². The van der Waals surface area contributed by atoms with E-state index in [1.807, 2.05) is 0 Å². The number of nitrogens with zero attached hydrogens (tertiary/aromatic N) is 2. The molecule has 0 atom stereocenters. The predicted molar refractivity (Wildman–Crippen MR) is 48.5 cm³/mol. The summed E-state index contributed by atoms with van der Waals surface area (Å²) in [7, 11) is 0. The summed E-state index contributed by atoms with van der Waals surface area (Å²) in [6.07, 6.45) is 0.458. The van der Waals surface area contributed by atoms with E-state index in [9.17, 15) is 4.39 Å². The standard InChI is InChI=1S/C9H6ClFN2O/c10-9-12-8(14-13-9)5-6-1-3-7(11)4-2-6/h1-4H,5H2. The van der Waals surface area contributed by atoms with Gasteiger partial charge in [-0.15, -0.1) is 0 Å². The van der Waals surface area contributed by atoms with Crippen LogP contribution >= 0.6 is 11.6 Å². The Balaban J connectivity index is 2.15. The van der Waals surface area contributed by atoms with E-state index in [0.29, 0.717) is 12.3 Å².